The zero-order valence-corrected chi connectivity index (χ0v) is 14.5. The van der Waals surface area contributed by atoms with Gasteiger partial charge < -0.3 is 18.7 Å². The quantitative estimate of drug-likeness (QED) is 0.442. The van der Waals surface area contributed by atoms with Gasteiger partial charge in [0, 0.05) is 5.56 Å². The molecule has 1 aromatic heterocycles. The summed E-state index contributed by atoms with van der Waals surface area (Å²) in [5.74, 6) is 0.850. The minimum Gasteiger partial charge on any atom is -0.497 e. The lowest BCUT2D eigenvalue weighted by atomic mass is 10.2. The minimum absolute atomic E-state index is 0.148. The molecule has 138 valence electrons. The fourth-order valence-corrected chi connectivity index (χ4v) is 2.22. The molecular formula is C19H16N2O6. The number of aromatic nitrogens is 2. The van der Waals surface area contributed by atoms with Gasteiger partial charge in [0.15, 0.2) is 19.5 Å². The SMILES string of the molecule is COc1cccc(-c2noc(COC(=O)COc3ccccc3C=O)n2)c1. The van der Waals surface area contributed by atoms with Crippen molar-refractivity contribution in [1.82, 2.24) is 10.1 Å². The van der Waals surface area contributed by atoms with Crippen LogP contribution in [0.4, 0.5) is 0 Å². The van der Waals surface area contributed by atoms with Crippen LogP contribution in [-0.4, -0.2) is 36.1 Å². The number of rotatable bonds is 8. The van der Waals surface area contributed by atoms with Gasteiger partial charge in [0.05, 0.1) is 12.7 Å². The molecule has 1 heterocycles. The van der Waals surface area contributed by atoms with Crippen LogP contribution in [0.3, 0.4) is 0 Å². The van der Waals surface area contributed by atoms with E-state index in [0.29, 0.717) is 34.7 Å². The normalized spacial score (nSPS) is 10.3. The van der Waals surface area contributed by atoms with Crippen LogP contribution >= 0.6 is 0 Å². The van der Waals surface area contributed by atoms with E-state index in [1.54, 1.807) is 49.6 Å². The Hall–Kier alpha value is -3.68. The first-order chi connectivity index (χ1) is 13.2. The van der Waals surface area contributed by atoms with Crippen molar-refractivity contribution in [3.05, 3.63) is 60.0 Å². The van der Waals surface area contributed by atoms with Crippen LogP contribution in [0, 0.1) is 0 Å². The molecule has 0 spiro atoms. The molecule has 3 rings (SSSR count). The molecule has 8 heteroatoms. The summed E-state index contributed by atoms with van der Waals surface area (Å²) in [5, 5.41) is 3.85. The predicted octanol–water partition coefficient (Wildman–Crippen LogP) is 2.68. The first kappa shape index (κ1) is 18.1. The number of esters is 1. The van der Waals surface area contributed by atoms with Gasteiger partial charge in [0.1, 0.15) is 11.5 Å². The second-order valence-electron chi connectivity index (χ2n) is 5.35. The third-order valence-corrected chi connectivity index (χ3v) is 3.54. The highest BCUT2D eigenvalue weighted by molar-refractivity contribution is 5.79. The van der Waals surface area contributed by atoms with Crippen LogP contribution in [0.2, 0.25) is 0 Å². The van der Waals surface area contributed by atoms with Crippen LogP contribution in [0.1, 0.15) is 16.2 Å². The third kappa shape index (κ3) is 4.69. The monoisotopic (exact) mass is 368 g/mol. The van der Waals surface area contributed by atoms with E-state index in [0.717, 1.165) is 0 Å². The highest BCUT2D eigenvalue weighted by atomic mass is 16.6. The lowest BCUT2D eigenvalue weighted by molar-refractivity contribution is -0.148. The van der Waals surface area contributed by atoms with E-state index in [9.17, 15) is 9.59 Å². The Morgan fingerprint density at radius 2 is 2.04 bits per heavy atom. The number of hydrogen-bond acceptors (Lipinski definition) is 8. The second-order valence-corrected chi connectivity index (χ2v) is 5.35. The molecule has 0 N–H and O–H groups in total. The highest BCUT2D eigenvalue weighted by Crippen LogP contribution is 2.21. The van der Waals surface area contributed by atoms with Crippen LogP contribution < -0.4 is 9.47 Å². The van der Waals surface area contributed by atoms with E-state index >= 15 is 0 Å². The Kier molecular flexibility index (Phi) is 5.78. The van der Waals surface area contributed by atoms with E-state index < -0.39 is 5.97 Å². The average Bonchev–Trinajstić information content (AvgIpc) is 3.20. The van der Waals surface area contributed by atoms with Gasteiger partial charge in [-0.15, -0.1) is 0 Å². The molecule has 0 saturated heterocycles. The summed E-state index contributed by atoms with van der Waals surface area (Å²) in [6.45, 7) is -0.532. The molecule has 3 aromatic rings. The standard InChI is InChI=1S/C19H16N2O6/c1-24-15-7-4-6-13(9-15)19-20-17(27-21-19)11-26-18(23)12-25-16-8-3-2-5-14(16)10-22/h2-10H,11-12H2,1H3. The van der Waals surface area contributed by atoms with Crippen LogP contribution in [0.15, 0.2) is 53.1 Å². The number of para-hydroxylation sites is 1. The molecule has 0 bridgehead atoms. The van der Waals surface area contributed by atoms with Gasteiger partial charge in [-0.05, 0) is 24.3 Å². The maximum absolute atomic E-state index is 11.8. The Morgan fingerprint density at radius 3 is 2.85 bits per heavy atom. The molecule has 27 heavy (non-hydrogen) atoms. The van der Waals surface area contributed by atoms with Gasteiger partial charge in [-0.2, -0.15) is 4.98 Å². The average molecular weight is 368 g/mol. The number of ether oxygens (including phenoxy) is 3. The van der Waals surface area contributed by atoms with Crippen molar-refractivity contribution in [2.45, 2.75) is 6.61 Å². The third-order valence-electron chi connectivity index (χ3n) is 3.54. The van der Waals surface area contributed by atoms with E-state index in [2.05, 4.69) is 10.1 Å². The summed E-state index contributed by atoms with van der Waals surface area (Å²) in [7, 11) is 1.57. The van der Waals surface area contributed by atoms with Crippen LogP contribution in [0.25, 0.3) is 11.4 Å². The predicted molar refractivity (Wildman–Crippen MR) is 93.4 cm³/mol. The molecule has 0 aliphatic rings. The molecule has 0 aliphatic carbocycles. The number of nitrogens with zero attached hydrogens (tertiary/aromatic N) is 2. The van der Waals surface area contributed by atoms with Crippen LogP contribution in [-0.2, 0) is 16.1 Å². The van der Waals surface area contributed by atoms with Crippen molar-refractivity contribution in [3.63, 3.8) is 0 Å². The van der Waals surface area contributed by atoms with Crippen molar-refractivity contribution in [1.29, 1.82) is 0 Å². The summed E-state index contributed by atoms with van der Waals surface area (Å²) in [6, 6.07) is 13.8. The lowest BCUT2D eigenvalue weighted by Gasteiger charge is -2.07. The summed E-state index contributed by atoms with van der Waals surface area (Å²) < 4.78 is 20.6. The van der Waals surface area contributed by atoms with E-state index in [1.165, 1.54) is 0 Å². The zero-order chi connectivity index (χ0) is 19.1. The van der Waals surface area contributed by atoms with Crippen molar-refractivity contribution in [2.75, 3.05) is 13.7 Å². The summed E-state index contributed by atoms with van der Waals surface area (Å²) in [4.78, 5) is 26.9. The lowest BCUT2D eigenvalue weighted by Crippen LogP contribution is -2.15. The Balaban J connectivity index is 1.53. The maximum atomic E-state index is 11.8. The van der Waals surface area contributed by atoms with Crippen molar-refractivity contribution in [2.24, 2.45) is 0 Å². The molecule has 0 unspecified atom stereocenters. The highest BCUT2D eigenvalue weighted by Gasteiger charge is 2.13. The number of aldehydes is 1. The van der Waals surface area contributed by atoms with E-state index in [1.807, 2.05) is 6.07 Å². The van der Waals surface area contributed by atoms with E-state index in [4.69, 9.17) is 18.7 Å². The first-order valence-corrected chi connectivity index (χ1v) is 7.99. The minimum atomic E-state index is -0.628. The van der Waals surface area contributed by atoms with Gasteiger partial charge in [0.2, 0.25) is 5.82 Å². The molecule has 0 saturated carbocycles. The molecule has 2 aromatic carbocycles. The summed E-state index contributed by atoms with van der Waals surface area (Å²) in [6.07, 6.45) is 0.652. The molecule has 0 amide bonds. The zero-order valence-electron chi connectivity index (χ0n) is 14.5. The Labute approximate surface area is 154 Å². The van der Waals surface area contributed by atoms with Gasteiger partial charge in [-0.3, -0.25) is 4.79 Å². The number of carbonyl (C=O) groups is 2. The Bertz CT molecular complexity index is 937. The van der Waals surface area contributed by atoms with Crippen molar-refractivity contribution >= 4 is 12.3 Å². The summed E-state index contributed by atoms with van der Waals surface area (Å²) in [5.41, 5.74) is 1.06. The summed E-state index contributed by atoms with van der Waals surface area (Å²) >= 11 is 0. The van der Waals surface area contributed by atoms with Crippen LogP contribution in [0.5, 0.6) is 11.5 Å². The van der Waals surface area contributed by atoms with Crippen molar-refractivity contribution < 1.29 is 28.3 Å². The molecule has 0 fully saturated rings. The smallest absolute Gasteiger partial charge is 0.344 e. The fraction of sp³-hybridized carbons (Fsp3) is 0.158. The van der Waals surface area contributed by atoms with Gasteiger partial charge in [0.25, 0.3) is 5.89 Å². The Morgan fingerprint density at radius 1 is 1.19 bits per heavy atom. The number of hydrogen-bond donors (Lipinski definition) is 0. The van der Waals surface area contributed by atoms with Gasteiger partial charge >= 0.3 is 5.97 Å². The van der Waals surface area contributed by atoms with Gasteiger partial charge in [-0.25, -0.2) is 4.79 Å². The second kappa shape index (κ2) is 8.61. The topological polar surface area (TPSA) is 101 Å². The maximum Gasteiger partial charge on any atom is 0.344 e. The largest absolute Gasteiger partial charge is 0.497 e. The molecule has 0 radical (unpaired) electrons. The molecule has 0 atom stereocenters. The molecular weight excluding hydrogens is 352 g/mol. The van der Waals surface area contributed by atoms with Crippen molar-refractivity contribution in [3.8, 4) is 22.9 Å². The van der Waals surface area contributed by atoms with Gasteiger partial charge in [-0.1, -0.05) is 29.4 Å². The molecule has 0 aliphatic heterocycles. The first-order valence-electron chi connectivity index (χ1n) is 7.99. The fourth-order valence-electron chi connectivity index (χ4n) is 2.22. The number of benzene rings is 2. The molecule has 8 nitrogen and oxygen atoms in total. The van der Waals surface area contributed by atoms with E-state index in [-0.39, 0.29) is 19.1 Å². The number of methoxy groups -OCH3 is 1. The number of carbonyl (C=O) groups excluding carboxylic acids is 2.